The Morgan fingerprint density at radius 1 is 0.889 bits per heavy atom. The summed E-state index contributed by atoms with van der Waals surface area (Å²) in [5, 5.41) is 4.93. The number of ether oxygens (including phenoxy) is 1. The van der Waals surface area contributed by atoms with Gasteiger partial charge in [-0.2, -0.15) is 0 Å². The lowest BCUT2D eigenvalue weighted by molar-refractivity contribution is 0.326. The van der Waals surface area contributed by atoms with E-state index in [-0.39, 0.29) is 16.2 Å². The van der Waals surface area contributed by atoms with Gasteiger partial charge in [0.2, 0.25) is 0 Å². The largest absolute Gasteiger partial charge is 0.490 e. The molecule has 0 radical (unpaired) electrons. The molecule has 1 N–H and O–H groups in total. The van der Waals surface area contributed by atoms with Crippen LogP contribution in [0.4, 0.5) is 5.69 Å². The van der Waals surface area contributed by atoms with E-state index >= 15 is 0 Å². The first kappa shape index (κ1) is 25.0. The van der Waals surface area contributed by atoms with Gasteiger partial charge in [0.05, 0.1) is 13.9 Å². The zero-order valence-electron chi connectivity index (χ0n) is 18.8. The second-order valence-corrected chi connectivity index (χ2v) is 14.5. The highest BCUT2D eigenvalue weighted by Gasteiger charge is 2.30. The second kappa shape index (κ2) is 8.76. The van der Waals surface area contributed by atoms with E-state index in [0.29, 0.717) is 0 Å². The Labute approximate surface area is 184 Å². The normalized spacial score (nSPS) is 15.3. The lowest BCUT2D eigenvalue weighted by Gasteiger charge is -2.34. The van der Waals surface area contributed by atoms with Crippen molar-refractivity contribution in [1.29, 1.82) is 0 Å². The van der Waals surface area contributed by atoms with Crippen LogP contribution in [-0.2, 0) is 21.0 Å². The van der Waals surface area contributed by atoms with Gasteiger partial charge in [0, 0.05) is 11.0 Å². The Kier molecular flexibility index (Phi) is 8.10. The van der Waals surface area contributed by atoms with Crippen LogP contribution in [0.1, 0.15) is 85.9 Å². The third kappa shape index (κ3) is 6.47. The average molecular weight is 521 g/mol. The third-order valence-corrected chi connectivity index (χ3v) is 9.15. The minimum Gasteiger partial charge on any atom is -0.490 e. The van der Waals surface area contributed by atoms with Crippen LogP contribution in [0.5, 0.6) is 0 Å². The van der Waals surface area contributed by atoms with Crippen molar-refractivity contribution in [2.45, 2.75) is 85.5 Å². The molecule has 0 aliphatic carbocycles. The van der Waals surface area contributed by atoms with E-state index in [0.717, 1.165) is 9.98 Å². The maximum atomic E-state index is 5.37. The zero-order valence-corrected chi connectivity index (χ0v) is 22.8. The SMILES string of the molecule is CO/C(Br)=C(/C)P(Br)Nc1c(C(C)(C)C)cc(C(C)(C)C)cc1C(C)(C)C. The van der Waals surface area contributed by atoms with E-state index in [9.17, 15) is 0 Å². The molecular formula is C22H36Br2NOP. The molecule has 1 atom stereocenters. The first-order chi connectivity index (χ1) is 12.0. The molecule has 1 aromatic carbocycles. The summed E-state index contributed by atoms with van der Waals surface area (Å²) in [6.07, 6.45) is 0. The number of nitrogens with one attached hydrogen (secondary N) is 1. The molecule has 154 valence electrons. The topological polar surface area (TPSA) is 21.3 Å². The third-order valence-electron chi connectivity index (χ3n) is 4.59. The van der Waals surface area contributed by atoms with Gasteiger partial charge in [-0.1, -0.05) is 74.4 Å². The number of hydrogen-bond donors (Lipinski definition) is 1. The Morgan fingerprint density at radius 3 is 1.59 bits per heavy atom. The molecule has 0 heterocycles. The molecule has 0 aliphatic rings. The second-order valence-electron chi connectivity index (χ2n) is 10.2. The van der Waals surface area contributed by atoms with Crippen LogP contribution in [0.25, 0.3) is 0 Å². The quantitative estimate of drug-likeness (QED) is 0.316. The maximum Gasteiger partial charge on any atom is 0.167 e. The van der Waals surface area contributed by atoms with Crippen molar-refractivity contribution in [3.8, 4) is 0 Å². The monoisotopic (exact) mass is 519 g/mol. The summed E-state index contributed by atoms with van der Waals surface area (Å²) in [5.74, 6) is 0. The first-order valence-electron chi connectivity index (χ1n) is 9.32. The van der Waals surface area contributed by atoms with Gasteiger partial charge in [0.15, 0.2) is 4.67 Å². The fraction of sp³-hybridized carbons (Fsp3) is 0.636. The molecule has 1 aromatic rings. The molecule has 0 spiro atoms. The van der Waals surface area contributed by atoms with E-state index < -0.39 is 6.77 Å². The van der Waals surface area contributed by atoms with Crippen molar-refractivity contribution in [2.75, 3.05) is 12.2 Å². The molecular weight excluding hydrogens is 485 g/mol. The van der Waals surface area contributed by atoms with Gasteiger partial charge in [-0.25, -0.2) is 0 Å². The lowest BCUT2D eigenvalue weighted by atomic mass is 9.74. The van der Waals surface area contributed by atoms with Crippen LogP contribution in [-0.4, -0.2) is 7.11 Å². The van der Waals surface area contributed by atoms with Crippen LogP contribution >= 0.6 is 38.2 Å². The Hall–Kier alpha value is -0.0500. The summed E-state index contributed by atoms with van der Waals surface area (Å²) in [6, 6.07) is 4.77. The van der Waals surface area contributed by atoms with Gasteiger partial charge in [0.25, 0.3) is 0 Å². The summed E-state index contributed by atoms with van der Waals surface area (Å²) in [7, 11) is 1.68. The molecule has 0 aliphatic heterocycles. The van der Waals surface area contributed by atoms with E-state index in [2.05, 4.69) is 118 Å². The highest BCUT2D eigenvalue weighted by atomic mass is 79.9. The molecule has 0 saturated carbocycles. The van der Waals surface area contributed by atoms with Crippen LogP contribution in [0.2, 0.25) is 0 Å². The van der Waals surface area contributed by atoms with Crippen molar-refractivity contribution < 1.29 is 4.74 Å². The fourth-order valence-corrected chi connectivity index (χ4v) is 5.90. The molecule has 0 fully saturated rings. The smallest absolute Gasteiger partial charge is 0.167 e. The van der Waals surface area contributed by atoms with Crippen molar-refractivity contribution in [1.82, 2.24) is 0 Å². The van der Waals surface area contributed by atoms with Gasteiger partial charge in [-0.15, -0.1) is 0 Å². The minimum absolute atomic E-state index is 0.0306. The number of halogens is 2. The van der Waals surface area contributed by atoms with Gasteiger partial charge >= 0.3 is 0 Å². The van der Waals surface area contributed by atoms with Crippen molar-refractivity contribution in [3.63, 3.8) is 0 Å². The van der Waals surface area contributed by atoms with E-state index in [4.69, 9.17) is 4.74 Å². The Morgan fingerprint density at radius 2 is 1.30 bits per heavy atom. The summed E-state index contributed by atoms with van der Waals surface area (Å²) in [5.41, 5.74) is 5.49. The van der Waals surface area contributed by atoms with Crippen molar-refractivity contribution in [3.05, 3.63) is 38.8 Å². The lowest BCUT2D eigenvalue weighted by Crippen LogP contribution is -2.23. The molecule has 0 saturated heterocycles. The standard InChI is InChI=1S/C22H36Br2NOP/c1-14(19(23)26-11)27(24)25-18-16(21(5,6)7)12-15(20(2,3)4)13-17(18)22(8,9)10/h12-13,25H,1-11H3/b19-14-. The van der Waals surface area contributed by atoms with Crippen molar-refractivity contribution >= 4 is 43.9 Å². The number of methoxy groups -OCH3 is 1. The predicted octanol–water partition coefficient (Wildman–Crippen LogP) is 8.93. The number of rotatable bonds is 4. The molecule has 1 unspecified atom stereocenters. The predicted molar refractivity (Wildman–Crippen MR) is 131 cm³/mol. The van der Waals surface area contributed by atoms with Crippen LogP contribution in [0.3, 0.4) is 0 Å². The summed E-state index contributed by atoms with van der Waals surface area (Å²) in [4.78, 5) is 0. The molecule has 0 aromatic heterocycles. The van der Waals surface area contributed by atoms with E-state index in [1.54, 1.807) is 7.11 Å². The molecule has 5 heteroatoms. The zero-order chi connectivity index (χ0) is 21.4. The minimum atomic E-state index is -0.758. The summed E-state index contributed by atoms with van der Waals surface area (Å²) in [6.45, 7) is 21.9. The van der Waals surface area contributed by atoms with Gasteiger partial charge in [-0.05, 0) is 71.3 Å². The van der Waals surface area contributed by atoms with Crippen molar-refractivity contribution in [2.24, 2.45) is 0 Å². The molecule has 0 bridgehead atoms. The fourth-order valence-electron chi connectivity index (χ4n) is 2.79. The molecule has 1 rings (SSSR count). The van der Waals surface area contributed by atoms with Gasteiger partial charge in [-0.3, -0.25) is 0 Å². The Balaban J connectivity index is 3.75. The maximum absolute atomic E-state index is 5.37. The summed E-state index contributed by atoms with van der Waals surface area (Å²) >= 11 is 7.38. The van der Waals surface area contributed by atoms with Gasteiger partial charge < -0.3 is 9.82 Å². The van der Waals surface area contributed by atoms with Crippen LogP contribution in [0.15, 0.2) is 22.1 Å². The number of benzene rings is 1. The molecule has 0 amide bonds. The van der Waals surface area contributed by atoms with E-state index in [1.165, 1.54) is 22.4 Å². The number of allylic oxidation sites excluding steroid dienone is 1. The number of hydrogen-bond acceptors (Lipinski definition) is 2. The first-order valence-corrected chi connectivity index (χ1v) is 13.5. The average Bonchev–Trinajstić information content (AvgIpc) is 2.49. The molecule has 27 heavy (non-hydrogen) atoms. The van der Waals surface area contributed by atoms with Crippen LogP contribution in [0, 0.1) is 0 Å². The highest BCUT2D eigenvalue weighted by molar-refractivity contribution is 9.40. The molecule has 2 nitrogen and oxygen atoms in total. The summed E-state index contributed by atoms with van der Waals surface area (Å²) < 4.78 is 6.15. The number of anilines is 1. The van der Waals surface area contributed by atoms with Gasteiger partial charge in [0.1, 0.15) is 0 Å². The Bertz CT molecular complexity index is 671. The van der Waals surface area contributed by atoms with E-state index in [1.807, 2.05) is 0 Å². The highest BCUT2D eigenvalue weighted by Crippen LogP contribution is 2.56. The van der Waals surface area contributed by atoms with Crippen LogP contribution < -0.4 is 5.09 Å².